The van der Waals surface area contributed by atoms with E-state index in [1.165, 1.54) is 0 Å². The molecule has 0 saturated carbocycles. The summed E-state index contributed by atoms with van der Waals surface area (Å²) >= 11 is 0. The summed E-state index contributed by atoms with van der Waals surface area (Å²) in [6.07, 6.45) is 0.640. The maximum atomic E-state index is 12.1. The first-order valence-electron chi connectivity index (χ1n) is 9.12. The number of hydrogen-bond donors (Lipinski definition) is 1. The molecule has 1 aliphatic heterocycles. The number of carbonyl (C=O) groups is 2. The monoisotopic (exact) mass is 384 g/mol. The Morgan fingerprint density at radius 2 is 1.86 bits per heavy atom. The molecule has 0 radical (unpaired) electrons. The average Bonchev–Trinajstić information content (AvgIpc) is 2.72. The number of benzene rings is 2. The summed E-state index contributed by atoms with van der Waals surface area (Å²) in [6.45, 7) is 1.22. The summed E-state index contributed by atoms with van der Waals surface area (Å²) < 4.78 is 16.1. The molecule has 1 heterocycles. The Kier molecular flexibility index (Phi) is 6.37. The number of nitrogens with one attached hydrogen (secondary N) is 1. The number of nitrogens with zero attached hydrogens (tertiary/aromatic N) is 1. The predicted octanol–water partition coefficient (Wildman–Crippen LogP) is 2.04. The second kappa shape index (κ2) is 9.12. The van der Waals surface area contributed by atoms with E-state index >= 15 is 0 Å². The van der Waals surface area contributed by atoms with Crippen molar-refractivity contribution in [3.63, 3.8) is 0 Å². The van der Waals surface area contributed by atoms with Gasteiger partial charge in [-0.15, -0.1) is 0 Å². The van der Waals surface area contributed by atoms with Crippen LogP contribution in [0.15, 0.2) is 42.5 Å². The molecular formula is C21H24N2O5. The topological polar surface area (TPSA) is 77.1 Å². The molecule has 0 aliphatic carbocycles. The highest BCUT2D eigenvalue weighted by molar-refractivity contribution is 5.92. The molecule has 3 rings (SSSR count). The van der Waals surface area contributed by atoms with Gasteiger partial charge in [0.05, 0.1) is 5.56 Å². The molecule has 0 fully saturated rings. The number of rotatable bonds is 7. The maximum absolute atomic E-state index is 12.1. The quantitative estimate of drug-likeness (QED) is 0.736. The van der Waals surface area contributed by atoms with Gasteiger partial charge in [-0.3, -0.25) is 4.79 Å². The molecule has 1 N–H and O–H groups in total. The Labute approximate surface area is 164 Å². The highest BCUT2D eigenvalue weighted by Crippen LogP contribution is 2.30. The number of amides is 1. The van der Waals surface area contributed by atoms with Gasteiger partial charge in [-0.05, 0) is 42.3 Å². The lowest BCUT2D eigenvalue weighted by Gasteiger charge is -2.18. The average molecular weight is 384 g/mol. The number of hydrogen-bond acceptors (Lipinski definition) is 6. The highest BCUT2D eigenvalue weighted by atomic mass is 16.6. The zero-order valence-electron chi connectivity index (χ0n) is 16.1. The summed E-state index contributed by atoms with van der Waals surface area (Å²) in [5, 5.41) is 2.75. The Balaban J connectivity index is 1.42. The molecule has 0 unspecified atom stereocenters. The molecule has 0 saturated heterocycles. The van der Waals surface area contributed by atoms with Gasteiger partial charge in [0.15, 0.2) is 18.1 Å². The first-order valence-corrected chi connectivity index (χ1v) is 9.12. The van der Waals surface area contributed by atoms with E-state index < -0.39 is 5.97 Å². The summed E-state index contributed by atoms with van der Waals surface area (Å²) in [5.74, 6) is 0.605. The standard InChI is InChI=1S/C21H24N2O5/c1-23(2)17-5-3-4-16(13-17)21(25)28-14-20(24)22-9-8-15-6-7-18-19(12-15)27-11-10-26-18/h3-7,12-13H,8-11,14H2,1-2H3,(H,22,24). The first kappa shape index (κ1) is 19.5. The van der Waals surface area contributed by atoms with Gasteiger partial charge in [0.2, 0.25) is 0 Å². The van der Waals surface area contributed by atoms with Gasteiger partial charge in [-0.2, -0.15) is 0 Å². The van der Waals surface area contributed by atoms with E-state index in [9.17, 15) is 9.59 Å². The van der Waals surface area contributed by atoms with Gasteiger partial charge in [-0.1, -0.05) is 12.1 Å². The predicted molar refractivity (Wildman–Crippen MR) is 105 cm³/mol. The zero-order valence-corrected chi connectivity index (χ0v) is 16.1. The molecule has 0 spiro atoms. The minimum absolute atomic E-state index is 0.313. The van der Waals surface area contributed by atoms with Crippen molar-refractivity contribution in [2.24, 2.45) is 0 Å². The second-order valence-electron chi connectivity index (χ2n) is 6.60. The van der Waals surface area contributed by atoms with Crippen molar-refractivity contribution in [3.05, 3.63) is 53.6 Å². The van der Waals surface area contributed by atoms with Crippen LogP contribution < -0.4 is 19.7 Å². The van der Waals surface area contributed by atoms with E-state index in [0.29, 0.717) is 31.7 Å². The van der Waals surface area contributed by atoms with Crippen molar-refractivity contribution >= 4 is 17.6 Å². The highest BCUT2D eigenvalue weighted by Gasteiger charge is 2.13. The van der Waals surface area contributed by atoms with Gasteiger partial charge in [-0.25, -0.2) is 4.79 Å². The van der Waals surface area contributed by atoms with Crippen molar-refractivity contribution in [1.82, 2.24) is 5.32 Å². The summed E-state index contributed by atoms with van der Waals surface area (Å²) in [6, 6.07) is 12.8. The van der Waals surface area contributed by atoms with Gasteiger partial charge in [0.25, 0.3) is 5.91 Å². The van der Waals surface area contributed by atoms with E-state index in [1.54, 1.807) is 18.2 Å². The molecule has 28 heavy (non-hydrogen) atoms. The fraction of sp³-hybridized carbons (Fsp3) is 0.333. The molecule has 1 aliphatic rings. The SMILES string of the molecule is CN(C)c1cccc(C(=O)OCC(=O)NCCc2ccc3c(c2)OCCO3)c1. The van der Waals surface area contributed by atoms with Crippen LogP contribution in [0.1, 0.15) is 15.9 Å². The Bertz CT molecular complexity index is 850. The third kappa shape index (κ3) is 5.16. The lowest BCUT2D eigenvalue weighted by atomic mass is 10.1. The van der Waals surface area contributed by atoms with Crippen molar-refractivity contribution < 1.29 is 23.8 Å². The Morgan fingerprint density at radius 1 is 1.07 bits per heavy atom. The first-order chi connectivity index (χ1) is 13.5. The third-order valence-electron chi connectivity index (χ3n) is 4.28. The van der Waals surface area contributed by atoms with Crippen molar-refractivity contribution in [3.8, 4) is 11.5 Å². The molecule has 0 aromatic heterocycles. The maximum Gasteiger partial charge on any atom is 0.338 e. The molecule has 1 amide bonds. The Morgan fingerprint density at radius 3 is 2.64 bits per heavy atom. The van der Waals surface area contributed by atoms with Crippen molar-refractivity contribution in [1.29, 1.82) is 0 Å². The summed E-state index contributed by atoms with van der Waals surface area (Å²) in [7, 11) is 3.78. The molecule has 7 nitrogen and oxygen atoms in total. The molecule has 0 atom stereocenters. The minimum atomic E-state index is -0.523. The van der Waals surface area contributed by atoms with Crippen LogP contribution in [0.5, 0.6) is 11.5 Å². The van der Waals surface area contributed by atoms with Crippen LogP contribution in [0.3, 0.4) is 0 Å². The van der Waals surface area contributed by atoms with Crippen LogP contribution in [-0.4, -0.2) is 52.3 Å². The van der Waals surface area contributed by atoms with E-state index in [-0.39, 0.29) is 12.5 Å². The van der Waals surface area contributed by atoms with Crippen LogP contribution in [-0.2, 0) is 16.0 Å². The fourth-order valence-electron chi connectivity index (χ4n) is 2.77. The van der Waals surface area contributed by atoms with Gasteiger partial charge in [0, 0.05) is 26.3 Å². The van der Waals surface area contributed by atoms with Crippen molar-refractivity contribution in [2.75, 3.05) is 45.4 Å². The molecule has 2 aromatic carbocycles. The van der Waals surface area contributed by atoms with E-state index in [4.69, 9.17) is 14.2 Å². The molecule has 148 valence electrons. The summed E-state index contributed by atoms with van der Waals surface area (Å²) in [5.41, 5.74) is 2.33. The van der Waals surface area contributed by atoms with Gasteiger partial charge < -0.3 is 24.4 Å². The number of anilines is 1. The largest absolute Gasteiger partial charge is 0.486 e. The zero-order chi connectivity index (χ0) is 19.9. The number of ether oxygens (including phenoxy) is 3. The molecule has 0 bridgehead atoms. The van der Waals surface area contributed by atoms with Crippen LogP contribution in [0.4, 0.5) is 5.69 Å². The van der Waals surface area contributed by atoms with E-state index in [0.717, 1.165) is 22.7 Å². The molecular weight excluding hydrogens is 360 g/mol. The fourth-order valence-corrected chi connectivity index (χ4v) is 2.77. The lowest BCUT2D eigenvalue weighted by Crippen LogP contribution is -2.30. The smallest absolute Gasteiger partial charge is 0.338 e. The van der Waals surface area contributed by atoms with Gasteiger partial charge >= 0.3 is 5.97 Å². The lowest BCUT2D eigenvalue weighted by molar-refractivity contribution is -0.124. The van der Waals surface area contributed by atoms with Crippen LogP contribution in [0.25, 0.3) is 0 Å². The minimum Gasteiger partial charge on any atom is -0.486 e. The molecule has 7 heteroatoms. The summed E-state index contributed by atoms with van der Waals surface area (Å²) in [4.78, 5) is 25.9. The number of fused-ring (bicyclic) bond motifs is 1. The Hall–Kier alpha value is -3.22. The normalized spacial score (nSPS) is 12.2. The van der Waals surface area contributed by atoms with Gasteiger partial charge in [0.1, 0.15) is 13.2 Å². The number of esters is 1. The number of carbonyl (C=O) groups excluding carboxylic acids is 2. The van der Waals surface area contributed by atoms with E-state index in [1.807, 2.05) is 43.3 Å². The van der Waals surface area contributed by atoms with E-state index in [2.05, 4.69) is 5.32 Å². The van der Waals surface area contributed by atoms with Crippen molar-refractivity contribution in [2.45, 2.75) is 6.42 Å². The third-order valence-corrected chi connectivity index (χ3v) is 4.28. The van der Waals surface area contributed by atoms with Crippen LogP contribution in [0, 0.1) is 0 Å². The van der Waals surface area contributed by atoms with Crippen LogP contribution >= 0.6 is 0 Å². The second-order valence-corrected chi connectivity index (χ2v) is 6.60. The van der Waals surface area contributed by atoms with Crippen LogP contribution in [0.2, 0.25) is 0 Å². The molecule has 2 aromatic rings.